The molecule has 0 aliphatic heterocycles. The molecule has 0 radical (unpaired) electrons. The molecule has 0 aromatic heterocycles. The third-order valence-electron chi connectivity index (χ3n) is 12.7. The maximum absolute atomic E-state index is 8.79. The summed E-state index contributed by atoms with van der Waals surface area (Å²) >= 11 is -4.94. The molecule has 0 bridgehead atoms. The van der Waals surface area contributed by atoms with Crippen molar-refractivity contribution < 1.29 is 15.6 Å². The van der Waals surface area contributed by atoms with E-state index in [4.69, 9.17) is 17.0 Å². The van der Waals surface area contributed by atoms with E-state index in [1.54, 1.807) is 0 Å². The van der Waals surface area contributed by atoms with Crippen LogP contribution in [0.3, 0.4) is 0 Å². The zero-order valence-corrected chi connectivity index (χ0v) is 37.7. The molecule has 0 saturated carbocycles. The molecule has 0 saturated heterocycles. The number of hydrogen-bond donors (Lipinski definition) is 0. The van der Waals surface area contributed by atoms with Crippen molar-refractivity contribution in [3.8, 4) is 22.3 Å². The van der Waals surface area contributed by atoms with E-state index < -0.39 is 21.5 Å². The van der Waals surface area contributed by atoms with Crippen molar-refractivity contribution in [3.05, 3.63) is 154 Å². The first-order valence-corrected chi connectivity index (χ1v) is 35.7. The first-order chi connectivity index (χ1) is 25.1. The maximum atomic E-state index is 8.79. The molecule has 8 rings (SSSR count). The van der Waals surface area contributed by atoms with Gasteiger partial charge in [-0.25, -0.2) is 0 Å². The number of fused-ring (bicyclic) bond motifs is 5. The standard InChI is InChI=1S/C26H21.C21H23.C2H7Si.2ClH.Zr/c1-17(2)20-15-19-8-5-10-24(26(19)16-20)23-12-6-11-22-21-9-4-3-7-18(21)13-14-25(22)23;1-14-12-19-15(2)6-11-18(20(19)13-14)16-7-9-17(10-8-16)21(3,4)5;1-3-2;;;/h3-17H,1-2H3;6-13H,1-5H3;3H,1-2H3;2*1H;/q;;;;;+2/p-2. The van der Waals surface area contributed by atoms with Gasteiger partial charge in [0.15, 0.2) is 0 Å². The van der Waals surface area contributed by atoms with Crippen LogP contribution >= 0.6 is 17.0 Å². The second kappa shape index (κ2) is 13.1. The van der Waals surface area contributed by atoms with Gasteiger partial charge in [0.2, 0.25) is 0 Å². The number of rotatable bonds is 6. The molecule has 0 nitrogen and oxygen atoms in total. The third-order valence-corrected chi connectivity index (χ3v) is 64.6. The first-order valence-electron chi connectivity index (χ1n) is 19.4. The van der Waals surface area contributed by atoms with Gasteiger partial charge in [0, 0.05) is 0 Å². The molecule has 6 aromatic carbocycles. The molecule has 0 heterocycles. The van der Waals surface area contributed by atoms with Crippen LogP contribution in [0.2, 0.25) is 13.1 Å². The number of halogens is 2. The Morgan fingerprint density at radius 1 is 0.623 bits per heavy atom. The van der Waals surface area contributed by atoms with Gasteiger partial charge in [-0.15, -0.1) is 0 Å². The summed E-state index contributed by atoms with van der Waals surface area (Å²) in [5.41, 5.74) is 15.9. The third kappa shape index (κ3) is 5.68. The topological polar surface area (TPSA) is 0 Å². The van der Waals surface area contributed by atoms with Crippen molar-refractivity contribution in [1.82, 2.24) is 0 Å². The van der Waals surface area contributed by atoms with Crippen LogP contribution in [-0.4, -0.2) is 5.92 Å². The zero-order chi connectivity index (χ0) is 37.6. The van der Waals surface area contributed by atoms with Crippen LogP contribution in [0.4, 0.5) is 0 Å². The predicted molar refractivity (Wildman–Crippen MR) is 235 cm³/mol. The molecule has 4 heteroatoms. The van der Waals surface area contributed by atoms with Gasteiger partial charge in [-0.2, -0.15) is 0 Å². The quantitative estimate of drug-likeness (QED) is 0.116. The van der Waals surface area contributed by atoms with E-state index in [-0.39, 0.29) is 12.7 Å². The van der Waals surface area contributed by atoms with Crippen molar-refractivity contribution >= 4 is 56.6 Å². The molecule has 2 atom stereocenters. The summed E-state index contributed by atoms with van der Waals surface area (Å²) in [6.07, 6.45) is 4.95. The van der Waals surface area contributed by atoms with Crippen LogP contribution in [0.1, 0.15) is 82.2 Å². The Bertz CT molecular complexity index is 2510. The summed E-state index contributed by atoms with van der Waals surface area (Å²) in [5, 5.41) is 5.13. The Morgan fingerprint density at radius 2 is 1.30 bits per heavy atom. The van der Waals surface area contributed by atoms with Gasteiger partial charge < -0.3 is 0 Å². The molecule has 53 heavy (non-hydrogen) atoms. The molecular weight excluding hydrogens is 779 g/mol. The SMILES string of the molecule is CC1=Cc2c(-c3ccc(C(C)(C)C)cc3)ccc(C)c2[CH]1[Zr]([Cl])([Cl])([CH]1C(C(C)C)=Cc2c(-c3cccc4c3ccc3ccccc34)cccc21)[SiH](C)C. The molecule has 0 fully saturated rings. The van der Waals surface area contributed by atoms with E-state index in [9.17, 15) is 0 Å². The van der Waals surface area contributed by atoms with E-state index in [2.05, 4.69) is 183 Å². The van der Waals surface area contributed by atoms with Crippen LogP contribution in [0.25, 0.3) is 56.0 Å². The number of hydrogen-bond acceptors (Lipinski definition) is 0. The van der Waals surface area contributed by atoms with Crippen LogP contribution in [0.5, 0.6) is 0 Å². The molecular formula is C49H51Cl2SiZr. The monoisotopic (exact) mass is 827 g/mol. The molecule has 0 N–H and O–H groups in total. The average molecular weight is 830 g/mol. The summed E-state index contributed by atoms with van der Waals surface area (Å²) in [6, 6.07) is 40.8. The second-order valence-electron chi connectivity index (χ2n) is 17.5. The molecule has 2 aliphatic rings. The van der Waals surface area contributed by atoms with Crippen LogP contribution in [0, 0.1) is 12.8 Å². The van der Waals surface area contributed by atoms with Crippen LogP contribution in [0.15, 0.2) is 120 Å². The normalized spacial score (nSPS) is 17.9. The fraction of sp³-hybridized carbons (Fsp3) is 0.265. The van der Waals surface area contributed by atoms with Crippen molar-refractivity contribution in [3.63, 3.8) is 0 Å². The number of allylic oxidation sites excluding steroid dienone is 2. The van der Waals surface area contributed by atoms with Crippen molar-refractivity contribution in [2.75, 3.05) is 0 Å². The summed E-state index contributed by atoms with van der Waals surface area (Å²) in [5.74, 6) is -1.38. The Morgan fingerprint density at radius 3 is 2.00 bits per heavy atom. The van der Waals surface area contributed by atoms with Crippen molar-refractivity contribution in [1.29, 1.82) is 0 Å². The fourth-order valence-corrected chi connectivity index (χ4v) is 42.1. The Labute approximate surface area is 325 Å². The molecule has 2 unspecified atom stereocenters. The first kappa shape index (κ1) is 36.9. The van der Waals surface area contributed by atoms with E-state index in [1.807, 2.05) is 0 Å². The van der Waals surface area contributed by atoms with Gasteiger partial charge in [-0.05, 0) is 0 Å². The van der Waals surface area contributed by atoms with Gasteiger partial charge in [-0.3, -0.25) is 0 Å². The Balaban J connectivity index is 1.33. The van der Waals surface area contributed by atoms with E-state index in [0.717, 1.165) is 0 Å². The predicted octanol–water partition coefficient (Wildman–Crippen LogP) is 15.2. The van der Waals surface area contributed by atoms with Crippen molar-refractivity contribution in [2.24, 2.45) is 5.92 Å². The minimum atomic E-state index is -4.94. The molecule has 6 aromatic rings. The van der Waals surface area contributed by atoms with E-state index in [0.29, 0.717) is 5.92 Å². The number of benzene rings is 6. The summed E-state index contributed by atoms with van der Waals surface area (Å²) in [7, 11) is 17.6. The van der Waals surface area contributed by atoms with E-state index >= 15 is 0 Å². The van der Waals surface area contributed by atoms with Crippen LogP contribution < -0.4 is 0 Å². The van der Waals surface area contributed by atoms with Gasteiger partial charge in [0.25, 0.3) is 0 Å². The molecule has 0 amide bonds. The summed E-state index contributed by atoms with van der Waals surface area (Å²) < 4.78 is 0.103. The summed E-state index contributed by atoms with van der Waals surface area (Å²) in [6.45, 7) is 21.0. The van der Waals surface area contributed by atoms with Gasteiger partial charge in [0.05, 0.1) is 0 Å². The molecule has 269 valence electrons. The van der Waals surface area contributed by atoms with Crippen molar-refractivity contribution in [2.45, 2.75) is 74.2 Å². The fourth-order valence-electron chi connectivity index (χ4n) is 9.82. The van der Waals surface area contributed by atoms with E-state index in [1.165, 1.54) is 88.3 Å². The van der Waals surface area contributed by atoms with Gasteiger partial charge in [0.1, 0.15) is 0 Å². The van der Waals surface area contributed by atoms with Gasteiger partial charge >= 0.3 is 328 Å². The molecule has 2 aliphatic carbocycles. The average Bonchev–Trinajstić information content (AvgIpc) is 3.72. The Kier molecular flexibility index (Phi) is 9.10. The molecule has 0 spiro atoms. The minimum absolute atomic E-state index is 0.0469. The second-order valence-corrected chi connectivity index (χ2v) is 60.0. The van der Waals surface area contributed by atoms with Crippen LogP contribution in [-0.2, 0) is 21.0 Å². The number of aryl methyl sites for hydroxylation is 1. The van der Waals surface area contributed by atoms with Gasteiger partial charge in [-0.1, -0.05) is 0 Å². The summed E-state index contributed by atoms with van der Waals surface area (Å²) in [4.78, 5) is 0. The Hall–Kier alpha value is -3.00. The zero-order valence-electron chi connectivity index (χ0n) is 32.6.